The molecule has 0 aromatic rings. The van der Waals surface area contributed by atoms with Gasteiger partial charge in [0.25, 0.3) is 0 Å². The van der Waals surface area contributed by atoms with Gasteiger partial charge >= 0.3 is 17.9 Å². The molecule has 6 heteroatoms. The minimum absolute atomic E-state index is 0.103. The molecule has 6 nitrogen and oxygen atoms in total. The fraction of sp³-hybridized carbons (Fsp3) is 0.660. The van der Waals surface area contributed by atoms with Crippen LogP contribution in [0.4, 0.5) is 0 Å². The maximum Gasteiger partial charge on any atom is 0.306 e. The van der Waals surface area contributed by atoms with Crippen molar-refractivity contribution in [2.45, 2.75) is 200 Å². The molecule has 0 aromatic heterocycles. The molecular weight excluding hydrogens is 697 g/mol. The van der Waals surface area contributed by atoms with Gasteiger partial charge in [-0.2, -0.15) is 0 Å². The van der Waals surface area contributed by atoms with Crippen LogP contribution in [0, 0.1) is 0 Å². The lowest BCUT2D eigenvalue weighted by Crippen LogP contribution is -2.30. The Kier molecular flexibility index (Phi) is 41.6. The van der Waals surface area contributed by atoms with E-state index in [-0.39, 0.29) is 37.5 Å². The van der Waals surface area contributed by atoms with Crippen LogP contribution in [-0.2, 0) is 28.6 Å². The molecule has 0 rings (SSSR count). The first-order valence-electron chi connectivity index (χ1n) is 22.6. The van der Waals surface area contributed by atoms with Crippen LogP contribution in [0.15, 0.2) is 85.1 Å². The zero-order valence-corrected chi connectivity index (χ0v) is 36.1. The Morgan fingerprint density at radius 3 is 1.27 bits per heavy atom. The third-order valence-corrected chi connectivity index (χ3v) is 9.13. The van der Waals surface area contributed by atoms with Crippen LogP contribution in [0.1, 0.15) is 194 Å². The fourth-order valence-electron chi connectivity index (χ4n) is 5.76. The lowest BCUT2D eigenvalue weighted by molar-refractivity contribution is -0.166. The van der Waals surface area contributed by atoms with Crippen molar-refractivity contribution in [3.8, 4) is 0 Å². The van der Waals surface area contributed by atoms with Crippen molar-refractivity contribution in [1.29, 1.82) is 0 Å². The van der Waals surface area contributed by atoms with Crippen molar-refractivity contribution in [3.63, 3.8) is 0 Å². The molecule has 0 heterocycles. The van der Waals surface area contributed by atoms with Crippen molar-refractivity contribution in [2.75, 3.05) is 13.2 Å². The molecule has 1 unspecified atom stereocenters. The molecule has 318 valence electrons. The van der Waals surface area contributed by atoms with Crippen molar-refractivity contribution in [1.82, 2.24) is 0 Å². The summed E-state index contributed by atoms with van der Waals surface area (Å²) in [5.74, 6) is -1.01. The number of ether oxygens (including phenoxy) is 3. The van der Waals surface area contributed by atoms with Crippen molar-refractivity contribution in [2.24, 2.45) is 0 Å². The first-order chi connectivity index (χ1) is 27.5. The molecule has 0 aliphatic rings. The van der Waals surface area contributed by atoms with Gasteiger partial charge in [0.15, 0.2) is 6.10 Å². The standard InChI is InChI=1S/C50H82O6/c1-4-7-10-13-16-19-21-22-23-24-25-26-27-28-29-32-34-37-40-43-49(52)55-46-47(45-54-48(51)42-39-36-33-30-18-15-12-9-6-3)56-50(53)44-41-38-35-31-20-17-14-11-8-5-2/h7,10-11,14,16,19,22-23,25-26,28-29,34,37,47H,4-6,8-9,12-13,15,17-18,20-21,24,27,30-33,35-36,38-46H2,1-3H3/b10-7-,14-11-,19-16-,23-22-,26-25-,29-28-,37-34-. The van der Waals surface area contributed by atoms with Gasteiger partial charge in [-0.25, -0.2) is 0 Å². The first-order valence-corrected chi connectivity index (χ1v) is 22.6. The Morgan fingerprint density at radius 2 is 0.768 bits per heavy atom. The Labute approximate surface area is 344 Å². The highest BCUT2D eigenvalue weighted by Gasteiger charge is 2.19. The van der Waals surface area contributed by atoms with Crippen LogP contribution < -0.4 is 0 Å². The van der Waals surface area contributed by atoms with Crippen LogP contribution in [-0.4, -0.2) is 37.2 Å². The van der Waals surface area contributed by atoms with E-state index in [4.69, 9.17) is 14.2 Å². The molecule has 0 radical (unpaired) electrons. The SMILES string of the molecule is CC/C=C\C/C=C\C/C=C\C/C=C\C/C=C\C/C=C\CCC(=O)OCC(COC(=O)CCCCCCCCCCC)OC(=O)CCCCCCC/C=C\CCC. The van der Waals surface area contributed by atoms with E-state index in [0.717, 1.165) is 96.3 Å². The molecule has 0 saturated heterocycles. The van der Waals surface area contributed by atoms with Crippen LogP contribution >= 0.6 is 0 Å². The highest BCUT2D eigenvalue weighted by atomic mass is 16.6. The summed E-state index contributed by atoms with van der Waals surface area (Å²) in [6, 6.07) is 0. The molecule has 0 aliphatic heterocycles. The zero-order chi connectivity index (χ0) is 40.8. The van der Waals surface area contributed by atoms with Crippen LogP contribution in [0.3, 0.4) is 0 Å². The van der Waals surface area contributed by atoms with Gasteiger partial charge < -0.3 is 14.2 Å². The van der Waals surface area contributed by atoms with E-state index in [2.05, 4.69) is 93.7 Å². The number of carbonyl (C=O) groups is 3. The summed E-state index contributed by atoms with van der Waals surface area (Å²) in [6.45, 7) is 6.34. The molecule has 0 N–H and O–H groups in total. The number of carbonyl (C=O) groups excluding carboxylic acids is 3. The van der Waals surface area contributed by atoms with Crippen LogP contribution in [0.25, 0.3) is 0 Å². The quantitative estimate of drug-likeness (QED) is 0.0268. The average Bonchev–Trinajstić information content (AvgIpc) is 3.19. The maximum absolute atomic E-state index is 12.7. The molecule has 0 fully saturated rings. The average molecular weight is 779 g/mol. The van der Waals surface area contributed by atoms with Gasteiger partial charge in [-0.1, -0.05) is 183 Å². The number of hydrogen-bond acceptors (Lipinski definition) is 6. The molecule has 1 atom stereocenters. The van der Waals surface area contributed by atoms with Gasteiger partial charge in [-0.3, -0.25) is 14.4 Å². The second-order valence-corrected chi connectivity index (χ2v) is 14.6. The number of allylic oxidation sites excluding steroid dienone is 14. The van der Waals surface area contributed by atoms with E-state index >= 15 is 0 Å². The van der Waals surface area contributed by atoms with E-state index in [1.54, 1.807) is 0 Å². The number of unbranched alkanes of at least 4 members (excludes halogenated alkanes) is 14. The van der Waals surface area contributed by atoms with E-state index in [1.165, 1.54) is 51.4 Å². The molecule has 0 saturated carbocycles. The zero-order valence-electron chi connectivity index (χ0n) is 36.1. The maximum atomic E-state index is 12.7. The first kappa shape index (κ1) is 52.6. The van der Waals surface area contributed by atoms with Crippen molar-refractivity contribution < 1.29 is 28.6 Å². The Bertz CT molecular complexity index is 1120. The summed E-state index contributed by atoms with van der Waals surface area (Å²) >= 11 is 0. The Balaban J connectivity index is 4.46. The molecule has 0 spiro atoms. The third kappa shape index (κ3) is 41.7. The van der Waals surface area contributed by atoms with Gasteiger partial charge in [0.2, 0.25) is 0 Å². The number of hydrogen-bond donors (Lipinski definition) is 0. The summed E-state index contributed by atoms with van der Waals surface area (Å²) in [5.41, 5.74) is 0. The molecule has 56 heavy (non-hydrogen) atoms. The summed E-state index contributed by atoms with van der Waals surface area (Å²) in [5, 5.41) is 0. The van der Waals surface area contributed by atoms with Crippen molar-refractivity contribution in [3.05, 3.63) is 85.1 Å². The van der Waals surface area contributed by atoms with Gasteiger partial charge in [0.05, 0.1) is 0 Å². The molecule has 0 aliphatic carbocycles. The van der Waals surface area contributed by atoms with Gasteiger partial charge in [-0.05, 0) is 77.0 Å². The topological polar surface area (TPSA) is 78.9 Å². The monoisotopic (exact) mass is 779 g/mol. The third-order valence-electron chi connectivity index (χ3n) is 9.13. The molecule has 0 aromatic carbocycles. The van der Waals surface area contributed by atoms with E-state index in [1.807, 2.05) is 12.2 Å². The fourth-order valence-corrected chi connectivity index (χ4v) is 5.76. The van der Waals surface area contributed by atoms with Crippen LogP contribution in [0.5, 0.6) is 0 Å². The van der Waals surface area contributed by atoms with E-state index in [0.29, 0.717) is 19.3 Å². The summed E-state index contributed by atoms with van der Waals surface area (Å²) in [7, 11) is 0. The highest BCUT2D eigenvalue weighted by Crippen LogP contribution is 2.13. The lowest BCUT2D eigenvalue weighted by atomic mass is 10.1. The Hall–Kier alpha value is -3.41. The minimum atomic E-state index is -0.806. The van der Waals surface area contributed by atoms with Crippen LogP contribution in [0.2, 0.25) is 0 Å². The van der Waals surface area contributed by atoms with Crippen molar-refractivity contribution >= 4 is 17.9 Å². The highest BCUT2D eigenvalue weighted by molar-refractivity contribution is 5.71. The molecule has 0 amide bonds. The predicted molar refractivity (Wildman–Crippen MR) is 237 cm³/mol. The Morgan fingerprint density at radius 1 is 0.375 bits per heavy atom. The summed E-state index contributed by atoms with van der Waals surface area (Å²) < 4.78 is 16.6. The van der Waals surface area contributed by atoms with E-state index < -0.39 is 6.10 Å². The smallest absolute Gasteiger partial charge is 0.306 e. The molecular formula is C50H82O6. The van der Waals surface area contributed by atoms with Gasteiger partial charge in [0.1, 0.15) is 13.2 Å². The van der Waals surface area contributed by atoms with Gasteiger partial charge in [-0.15, -0.1) is 0 Å². The summed E-state index contributed by atoms with van der Waals surface area (Å²) in [6.07, 6.45) is 55.8. The normalized spacial score (nSPS) is 12.8. The number of esters is 3. The molecule has 0 bridgehead atoms. The largest absolute Gasteiger partial charge is 0.462 e. The lowest BCUT2D eigenvalue weighted by Gasteiger charge is -2.18. The second-order valence-electron chi connectivity index (χ2n) is 14.6. The predicted octanol–water partition coefficient (Wildman–Crippen LogP) is 14.5. The minimum Gasteiger partial charge on any atom is -0.462 e. The second kappa shape index (κ2) is 44.3. The number of rotatable bonds is 39. The van der Waals surface area contributed by atoms with Gasteiger partial charge in [0, 0.05) is 19.3 Å². The van der Waals surface area contributed by atoms with E-state index in [9.17, 15) is 14.4 Å². The summed E-state index contributed by atoms with van der Waals surface area (Å²) in [4.78, 5) is 37.6.